The molecule has 0 bridgehead atoms. The highest BCUT2D eigenvalue weighted by atomic mass is 16.5. The van der Waals surface area contributed by atoms with Crippen LogP contribution in [0.2, 0.25) is 0 Å². The standard InChI is InChI=1S/C28H30O4/c1-3-4-7-16-24-25(18-29)21(2)17-26(31-19-22-12-8-5-9-13-22)27(24)28(30)32-20-23-14-10-6-11-15-23/h5-6,8-15,17-18H,3-4,7,16,19-20H2,1-2H3. The van der Waals surface area contributed by atoms with Crippen LogP contribution in [0, 0.1) is 6.92 Å². The van der Waals surface area contributed by atoms with Crippen molar-refractivity contribution in [1.29, 1.82) is 0 Å². The second-order valence-corrected chi connectivity index (χ2v) is 7.87. The van der Waals surface area contributed by atoms with Gasteiger partial charge in [0.05, 0.1) is 0 Å². The summed E-state index contributed by atoms with van der Waals surface area (Å²) in [6.45, 7) is 4.49. The molecule has 0 radical (unpaired) electrons. The fourth-order valence-electron chi connectivity index (χ4n) is 3.71. The van der Waals surface area contributed by atoms with E-state index in [1.165, 1.54) is 0 Å². The Morgan fingerprint density at radius 3 is 2.12 bits per heavy atom. The third kappa shape index (κ3) is 6.07. The van der Waals surface area contributed by atoms with Gasteiger partial charge in [0, 0.05) is 5.56 Å². The molecular formula is C28H30O4. The van der Waals surface area contributed by atoms with Crippen LogP contribution in [-0.2, 0) is 24.4 Å². The van der Waals surface area contributed by atoms with E-state index in [9.17, 15) is 9.59 Å². The topological polar surface area (TPSA) is 52.6 Å². The monoisotopic (exact) mass is 430 g/mol. The van der Waals surface area contributed by atoms with Crippen molar-refractivity contribution in [2.75, 3.05) is 0 Å². The summed E-state index contributed by atoms with van der Waals surface area (Å²) in [7, 11) is 0. The van der Waals surface area contributed by atoms with Crippen LogP contribution < -0.4 is 4.74 Å². The molecule has 0 saturated carbocycles. The second kappa shape index (κ2) is 11.8. The molecular weight excluding hydrogens is 400 g/mol. The summed E-state index contributed by atoms with van der Waals surface area (Å²) in [5.74, 6) is -0.00646. The first kappa shape index (κ1) is 23.3. The van der Waals surface area contributed by atoms with E-state index in [0.717, 1.165) is 47.8 Å². The van der Waals surface area contributed by atoms with E-state index in [4.69, 9.17) is 9.47 Å². The van der Waals surface area contributed by atoms with Crippen molar-refractivity contribution in [3.05, 3.63) is 100 Å². The number of rotatable bonds is 11. The van der Waals surface area contributed by atoms with Crippen molar-refractivity contribution in [2.24, 2.45) is 0 Å². The number of benzene rings is 3. The number of aldehydes is 1. The van der Waals surface area contributed by atoms with Gasteiger partial charge in [-0.25, -0.2) is 4.79 Å². The molecule has 0 aromatic heterocycles. The molecule has 0 spiro atoms. The first-order chi connectivity index (χ1) is 15.6. The molecule has 3 rings (SSSR count). The summed E-state index contributed by atoms with van der Waals surface area (Å²) >= 11 is 0. The van der Waals surface area contributed by atoms with Crippen molar-refractivity contribution in [3.63, 3.8) is 0 Å². The van der Waals surface area contributed by atoms with Gasteiger partial charge in [-0.1, -0.05) is 80.4 Å². The molecule has 0 fully saturated rings. The Morgan fingerprint density at radius 1 is 0.906 bits per heavy atom. The molecule has 0 heterocycles. The Morgan fingerprint density at radius 2 is 1.53 bits per heavy atom. The van der Waals surface area contributed by atoms with Crippen molar-refractivity contribution >= 4 is 12.3 Å². The predicted molar refractivity (Wildman–Crippen MR) is 126 cm³/mol. The second-order valence-electron chi connectivity index (χ2n) is 7.87. The van der Waals surface area contributed by atoms with Gasteiger partial charge in [-0.15, -0.1) is 0 Å². The van der Waals surface area contributed by atoms with Crippen LogP contribution >= 0.6 is 0 Å². The third-order valence-corrected chi connectivity index (χ3v) is 5.45. The molecule has 0 aliphatic carbocycles. The van der Waals surface area contributed by atoms with Gasteiger partial charge in [0.1, 0.15) is 24.5 Å². The summed E-state index contributed by atoms with van der Waals surface area (Å²) in [5.41, 5.74) is 4.34. The van der Waals surface area contributed by atoms with Crippen molar-refractivity contribution in [2.45, 2.75) is 52.7 Å². The molecule has 0 aliphatic rings. The maximum absolute atomic E-state index is 13.3. The highest BCUT2D eigenvalue weighted by Gasteiger charge is 2.24. The van der Waals surface area contributed by atoms with Gasteiger partial charge in [-0.05, 0) is 48.1 Å². The van der Waals surface area contributed by atoms with Gasteiger partial charge in [0.25, 0.3) is 0 Å². The summed E-state index contributed by atoms with van der Waals surface area (Å²) < 4.78 is 11.8. The molecule has 4 nitrogen and oxygen atoms in total. The normalized spacial score (nSPS) is 10.6. The number of esters is 1. The molecule has 3 aromatic carbocycles. The smallest absolute Gasteiger partial charge is 0.342 e. The first-order valence-corrected chi connectivity index (χ1v) is 11.1. The van der Waals surface area contributed by atoms with Crippen LogP contribution in [0.5, 0.6) is 5.75 Å². The van der Waals surface area contributed by atoms with Gasteiger partial charge in [0.2, 0.25) is 0 Å². The number of unbranched alkanes of at least 4 members (excludes halogenated alkanes) is 2. The lowest BCUT2D eigenvalue weighted by molar-refractivity contribution is 0.0466. The average Bonchev–Trinajstić information content (AvgIpc) is 2.82. The van der Waals surface area contributed by atoms with Crippen LogP contribution in [0.25, 0.3) is 0 Å². The molecule has 0 N–H and O–H groups in total. The summed E-state index contributed by atoms with van der Waals surface area (Å²) in [4.78, 5) is 25.2. The maximum Gasteiger partial charge on any atom is 0.342 e. The molecule has 3 aromatic rings. The van der Waals surface area contributed by atoms with E-state index in [0.29, 0.717) is 29.9 Å². The Hall–Kier alpha value is -3.40. The fraction of sp³-hybridized carbons (Fsp3) is 0.286. The number of hydrogen-bond acceptors (Lipinski definition) is 4. The lowest BCUT2D eigenvalue weighted by Gasteiger charge is -2.19. The lowest BCUT2D eigenvalue weighted by atomic mass is 9.92. The van der Waals surface area contributed by atoms with Crippen molar-refractivity contribution in [3.8, 4) is 5.75 Å². The van der Waals surface area contributed by atoms with Crippen LogP contribution in [0.4, 0.5) is 0 Å². The van der Waals surface area contributed by atoms with E-state index in [-0.39, 0.29) is 6.61 Å². The maximum atomic E-state index is 13.3. The highest BCUT2D eigenvalue weighted by molar-refractivity contribution is 5.98. The number of carbonyl (C=O) groups is 2. The van der Waals surface area contributed by atoms with Gasteiger partial charge >= 0.3 is 5.97 Å². The minimum absolute atomic E-state index is 0.163. The summed E-state index contributed by atoms with van der Waals surface area (Å²) in [6, 6.07) is 21.1. The van der Waals surface area contributed by atoms with Crippen LogP contribution in [0.15, 0.2) is 66.7 Å². The predicted octanol–water partition coefficient (Wildman–Crippen LogP) is 6.48. The number of carbonyl (C=O) groups excluding carboxylic acids is 2. The number of aryl methyl sites for hydroxylation is 1. The molecule has 0 unspecified atom stereocenters. The average molecular weight is 431 g/mol. The van der Waals surface area contributed by atoms with E-state index in [1.807, 2.05) is 67.6 Å². The van der Waals surface area contributed by atoms with Gasteiger partial charge in [-0.3, -0.25) is 4.79 Å². The fourth-order valence-corrected chi connectivity index (χ4v) is 3.71. The molecule has 0 atom stereocenters. The van der Waals surface area contributed by atoms with Gasteiger partial charge in [0.15, 0.2) is 6.29 Å². The zero-order valence-electron chi connectivity index (χ0n) is 18.8. The Bertz CT molecular complexity index is 1030. The Balaban J connectivity index is 1.95. The van der Waals surface area contributed by atoms with Crippen LogP contribution in [-0.4, -0.2) is 12.3 Å². The highest BCUT2D eigenvalue weighted by Crippen LogP contribution is 2.31. The molecule has 32 heavy (non-hydrogen) atoms. The molecule has 0 aliphatic heterocycles. The molecule has 0 saturated heterocycles. The zero-order chi connectivity index (χ0) is 22.8. The van der Waals surface area contributed by atoms with Crippen LogP contribution in [0.3, 0.4) is 0 Å². The van der Waals surface area contributed by atoms with E-state index in [2.05, 4.69) is 6.92 Å². The van der Waals surface area contributed by atoms with E-state index >= 15 is 0 Å². The van der Waals surface area contributed by atoms with E-state index < -0.39 is 5.97 Å². The van der Waals surface area contributed by atoms with Gasteiger partial charge < -0.3 is 9.47 Å². The SMILES string of the molecule is CCCCCc1c(C=O)c(C)cc(OCc2ccccc2)c1C(=O)OCc1ccccc1. The Labute approximate surface area is 190 Å². The largest absolute Gasteiger partial charge is 0.488 e. The lowest BCUT2D eigenvalue weighted by Crippen LogP contribution is -2.14. The molecule has 4 heteroatoms. The Kier molecular flexibility index (Phi) is 8.61. The minimum Gasteiger partial charge on any atom is -0.488 e. The third-order valence-electron chi connectivity index (χ3n) is 5.45. The van der Waals surface area contributed by atoms with E-state index in [1.54, 1.807) is 6.07 Å². The summed E-state index contributed by atoms with van der Waals surface area (Å²) in [5, 5.41) is 0. The molecule has 0 amide bonds. The van der Waals surface area contributed by atoms with Crippen molar-refractivity contribution in [1.82, 2.24) is 0 Å². The number of ether oxygens (including phenoxy) is 2. The van der Waals surface area contributed by atoms with Crippen molar-refractivity contribution < 1.29 is 19.1 Å². The van der Waals surface area contributed by atoms with Gasteiger partial charge in [-0.2, -0.15) is 0 Å². The van der Waals surface area contributed by atoms with Crippen LogP contribution in [0.1, 0.15) is 69.2 Å². The summed E-state index contributed by atoms with van der Waals surface area (Å²) in [6.07, 6.45) is 4.42. The molecule has 166 valence electrons. The first-order valence-electron chi connectivity index (χ1n) is 11.1. The minimum atomic E-state index is -0.466. The number of hydrogen-bond donors (Lipinski definition) is 0. The zero-order valence-corrected chi connectivity index (χ0v) is 18.8. The quantitative estimate of drug-likeness (QED) is 0.199.